The van der Waals surface area contributed by atoms with Gasteiger partial charge in [-0.25, -0.2) is 9.07 Å². The number of nitrogens with zero attached hydrogens (tertiary/aromatic N) is 4. The Morgan fingerprint density at radius 2 is 1.79 bits per heavy atom. The molecule has 0 saturated heterocycles. The molecule has 1 heterocycles. The zero-order valence-corrected chi connectivity index (χ0v) is 18.9. The Morgan fingerprint density at radius 1 is 1.12 bits per heavy atom. The largest absolute Gasteiger partial charge is 0.466 e. The van der Waals surface area contributed by atoms with Crippen molar-refractivity contribution in [3.05, 3.63) is 89.5 Å². The highest BCUT2D eigenvalue weighted by molar-refractivity contribution is 6.01. The summed E-state index contributed by atoms with van der Waals surface area (Å²) in [6.45, 7) is 1.83. The molecule has 2 aromatic carbocycles. The summed E-state index contributed by atoms with van der Waals surface area (Å²) in [4.78, 5) is 23.6. The maximum atomic E-state index is 13.6. The molecule has 3 aromatic rings. The standard InChI is InChI=1S/C25H25FN4O4/c1-3-34-23(33)16-21(32)15-20(31)13-14-22(25-27-28-29-30(25)2)24(17-7-5-4-6-8-17)18-9-11-19(26)12-10-18/h4-14,20,31H,3,15-16H2,1-2H3/b14-13+,24-22-. The Hall–Kier alpha value is -3.98. The van der Waals surface area contributed by atoms with E-state index in [0.29, 0.717) is 22.5 Å². The topological polar surface area (TPSA) is 107 Å². The van der Waals surface area contributed by atoms with Gasteiger partial charge in [-0.1, -0.05) is 54.6 Å². The van der Waals surface area contributed by atoms with Crippen molar-refractivity contribution >= 4 is 22.9 Å². The Balaban J connectivity index is 2.03. The van der Waals surface area contributed by atoms with Gasteiger partial charge in [0.1, 0.15) is 18.0 Å². The van der Waals surface area contributed by atoms with Gasteiger partial charge in [0.2, 0.25) is 0 Å². The number of allylic oxidation sites excluding steroid dienone is 2. The second-order valence-corrected chi connectivity index (χ2v) is 7.44. The molecule has 0 aliphatic rings. The molecular formula is C25H25FN4O4. The van der Waals surface area contributed by atoms with Gasteiger partial charge in [-0.15, -0.1) is 5.10 Å². The van der Waals surface area contributed by atoms with Crippen molar-refractivity contribution in [2.24, 2.45) is 7.05 Å². The summed E-state index contributed by atoms with van der Waals surface area (Å²) in [5.74, 6) is -1.03. The summed E-state index contributed by atoms with van der Waals surface area (Å²) < 4.78 is 19.9. The number of carbonyl (C=O) groups excluding carboxylic acids is 2. The van der Waals surface area contributed by atoms with Crippen molar-refractivity contribution in [2.45, 2.75) is 25.9 Å². The Bertz CT molecular complexity index is 1190. The molecule has 9 heteroatoms. The summed E-state index contributed by atoms with van der Waals surface area (Å²) >= 11 is 0. The van der Waals surface area contributed by atoms with Crippen molar-refractivity contribution in [2.75, 3.05) is 6.61 Å². The fourth-order valence-electron chi connectivity index (χ4n) is 3.38. The van der Waals surface area contributed by atoms with E-state index in [1.165, 1.54) is 22.9 Å². The molecule has 34 heavy (non-hydrogen) atoms. The third kappa shape index (κ3) is 6.52. The molecule has 0 spiro atoms. The minimum absolute atomic E-state index is 0.181. The van der Waals surface area contributed by atoms with Crippen LogP contribution in [-0.4, -0.2) is 49.8 Å². The highest BCUT2D eigenvalue weighted by atomic mass is 19.1. The number of rotatable bonds is 10. The Labute approximate surface area is 196 Å². The molecule has 0 amide bonds. The summed E-state index contributed by atoms with van der Waals surface area (Å²) in [5.41, 5.74) is 2.80. The van der Waals surface area contributed by atoms with Crippen molar-refractivity contribution in [1.82, 2.24) is 20.2 Å². The molecule has 3 rings (SSSR count). The van der Waals surface area contributed by atoms with Crippen LogP contribution in [0.4, 0.5) is 4.39 Å². The van der Waals surface area contributed by atoms with Crippen LogP contribution in [0.2, 0.25) is 0 Å². The second kappa shape index (κ2) is 11.8. The van der Waals surface area contributed by atoms with Crippen molar-refractivity contribution in [1.29, 1.82) is 0 Å². The van der Waals surface area contributed by atoms with Crippen molar-refractivity contribution in [3.8, 4) is 0 Å². The number of carbonyl (C=O) groups is 2. The van der Waals surface area contributed by atoms with Gasteiger partial charge in [-0.3, -0.25) is 9.59 Å². The van der Waals surface area contributed by atoms with Crippen LogP contribution in [0.25, 0.3) is 11.1 Å². The number of ether oxygens (including phenoxy) is 1. The van der Waals surface area contributed by atoms with Crippen LogP contribution >= 0.6 is 0 Å². The molecule has 1 atom stereocenters. The first-order valence-corrected chi connectivity index (χ1v) is 10.7. The van der Waals surface area contributed by atoms with Gasteiger partial charge in [0.25, 0.3) is 0 Å². The van der Waals surface area contributed by atoms with E-state index in [9.17, 15) is 19.1 Å². The Kier molecular flexibility index (Phi) is 8.53. The molecule has 0 saturated carbocycles. The highest BCUT2D eigenvalue weighted by Crippen LogP contribution is 2.32. The summed E-state index contributed by atoms with van der Waals surface area (Å²) in [6.07, 6.45) is 1.26. The number of esters is 1. The number of ketones is 1. The van der Waals surface area contributed by atoms with E-state index in [1.54, 1.807) is 32.2 Å². The smallest absolute Gasteiger partial charge is 0.313 e. The van der Waals surface area contributed by atoms with E-state index in [0.717, 1.165) is 5.56 Å². The minimum atomic E-state index is -1.15. The summed E-state index contributed by atoms with van der Waals surface area (Å²) in [5, 5.41) is 22.2. The fourth-order valence-corrected chi connectivity index (χ4v) is 3.38. The number of halogens is 1. The van der Waals surface area contributed by atoms with E-state index < -0.39 is 24.3 Å². The quantitative estimate of drug-likeness (QED) is 0.279. The van der Waals surface area contributed by atoms with Crippen LogP contribution in [0.15, 0.2) is 66.7 Å². The third-order valence-corrected chi connectivity index (χ3v) is 4.89. The van der Waals surface area contributed by atoms with Crippen molar-refractivity contribution < 1.29 is 23.8 Å². The van der Waals surface area contributed by atoms with Gasteiger partial charge in [0, 0.05) is 19.0 Å². The minimum Gasteiger partial charge on any atom is -0.466 e. The molecule has 1 unspecified atom stereocenters. The summed E-state index contributed by atoms with van der Waals surface area (Å²) in [6, 6.07) is 15.4. The molecule has 176 valence electrons. The number of aliphatic hydroxyl groups excluding tert-OH is 1. The first-order chi connectivity index (χ1) is 16.4. The first kappa shape index (κ1) is 24.7. The molecule has 0 aliphatic heterocycles. The highest BCUT2D eigenvalue weighted by Gasteiger charge is 2.18. The predicted molar refractivity (Wildman–Crippen MR) is 124 cm³/mol. The number of hydrogen-bond donors (Lipinski definition) is 1. The van der Waals surface area contributed by atoms with Gasteiger partial charge in [0.05, 0.1) is 12.7 Å². The predicted octanol–water partition coefficient (Wildman–Crippen LogP) is 3.14. The number of tetrazole rings is 1. The maximum absolute atomic E-state index is 13.6. The molecule has 0 aliphatic carbocycles. The first-order valence-electron chi connectivity index (χ1n) is 10.7. The molecule has 8 nitrogen and oxygen atoms in total. The zero-order chi connectivity index (χ0) is 24.5. The number of aromatic nitrogens is 4. The van der Waals surface area contributed by atoms with Gasteiger partial charge in [-0.2, -0.15) is 0 Å². The lowest BCUT2D eigenvalue weighted by molar-refractivity contribution is -0.145. The van der Waals surface area contributed by atoms with Gasteiger partial charge >= 0.3 is 5.97 Å². The van der Waals surface area contributed by atoms with Crippen LogP contribution in [0.3, 0.4) is 0 Å². The van der Waals surface area contributed by atoms with Crippen LogP contribution in [0.1, 0.15) is 36.7 Å². The molecule has 1 aromatic heterocycles. The van der Waals surface area contributed by atoms with Gasteiger partial charge < -0.3 is 9.84 Å². The lowest BCUT2D eigenvalue weighted by Crippen LogP contribution is -2.16. The zero-order valence-electron chi connectivity index (χ0n) is 18.9. The van der Waals surface area contributed by atoms with Crippen LogP contribution in [-0.2, 0) is 21.4 Å². The lowest BCUT2D eigenvalue weighted by Gasteiger charge is -2.14. The second-order valence-electron chi connectivity index (χ2n) is 7.44. The lowest BCUT2D eigenvalue weighted by atomic mass is 9.92. The SMILES string of the molecule is CCOC(=O)CC(=O)CC(O)/C=C/C(=C(\c1ccccc1)c1ccc(F)cc1)c1nnnn1C. The Morgan fingerprint density at radius 3 is 2.41 bits per heavy atom. The van der Waals surface area contributed by atoms with E-state index >= 15 is 0 Å². The average molecular weight is 464 g/mol. The van der Waals surface area contributed by atoms with Crippen molar-refractivity contribution in [3.63, 3.8) is 0 Å². The molecule has 1 N–H and O–H groups in total. The molecule has 0 radical (unpaired) electrons. The van der Waals surface area contributed by atoms with E-state index in [4.69, 9.17) is 4.74 Å². The van der Waals surface area contributed by atoms with E-state index in [-0.39, 0.29) is 18.8 Å². The average Bonchev–Trinajstić information content (AvgIpc) is 3.23. The van der Waals surface area contributed by atoms with E-state index in [1.807, 2.05) is 30.3 Å². The molecule has 0 fully saturated rings. The molecule has 0 bridgehead atoms. The number of hydrogen-bond acceptors (Lipinski definition) is 7. The van der Waals surface area contributed by atoms with Crippen LogP contribution in [0.5, 0.6) is 0 Å². The number of Topliss-reactive ketones (excluding diaryl/α,β-unsaturated/α-hetero) is 1. The summed E-state index contributed by atoms with van der Waals surface area (Å²) in [7, 11) is 1.68. The van der Waals surface area contributed by atoms with Gasteiger partial charge in [-0.05, 0) is 46.2 Å². The monoisotopic (exact) mass is 464 g/mol. The van der Waals surface area contributed by atoms with Crippen LogP contribution in [0, 0.1) is 5.82 Å². The number of aryl methyl sites for hydroxylation is 1. The fraction of sp³-hybridized carbons (Fsp3) is 0.240. The van der Waals surface area contributed by atoms with E-state index in [2.05, 4.69) is 15.5 Å². The number of benzene rings is 2. The third-order valence-electron chi connectivity index (χ3n) is 4.89. The molecular weight excluding hydrogens is 439 g/mol. The number of aliphatic hydroxyl groups is 1. The van der Waals surface area contributed by atoms with Crippen LogP contribution < -0.4 is 0 Å². The normalized spacial score (nSPS) is 12.9. The van der Waals surface area contributed by atoms with Gasteiger partial charge in [0.15, 0.2) is 5.82 Å². The maximum Gasteiger partial charge on any atom is 0.313 e.